The molecule has 0 spiro atoms. The molecule has 3 aromatic rings. The van der Waals surface area contributed by atoms with Crippen LogP contribution in [0.1, 0.15) is 102 Å². The number of carbonyl (C=O) groups is 1. The molecule has 2 heteroatoms. The van der Waals surface area contributed by atoms with Crippen molar-refractivity contribution in [3.63, 3.8) is 0 Å². The Hall–Kier alpha value is -2.87. The molecule has 1 atom stereocenters. The van der Waals surface area contributed by atoms with Crippen molar-refractivity contribution in [2.75, 3.05) is 0 Å². The first kappa shape index (κ1) is 28.1. The largest absolute Gasteiger partial charge is 0.481 e. The molecule has 202 valence electrons. The van der Waals surface area contributed by atoms with Crippen molar-refractivity contribution in [2.24, 2.45) is 11.8 Å². The SMILES string of the molecule is CCCCCC[C@H]1CC[C@H](c2ccc(-c3ccccc3-c3ccc(CCCC(C)C(=O)O)cc3)cc2)CC1. The van der Waals surface area contributed by atoms with E-state index < -0.39 is 5.97 Å². The summed E-state index contributed by atoms with van der Waals surface area (Å²) in [5.74, 6) is 0.694. The highest BCUT2D eigenvalue weighted by molar-refractivity contribution is 5.83. The topological polar surface area (TPSA) is 37.3 Å². The molecule has 1 saturated carbocycles. The Morgan fingerprint density at radius 3 is 1.97 bits per heavy atom. The maximum atomic E-state index is 11.1. The summed E-state index contributed by atoms with van der Waals surface area (Å²) in [6.45, 7) is 4.08. The average molecular weight is 511 g/mol. The van der Waals surface area contributed by atoms with Gasteiger partial charge in [0.05, 0.1) is 5.92 Å². The molecule has 0 bridgehead atoms. The molecule has 4 rings (SSSR count). The first-order valence-corrected chi connectivity index (χ1v) is 15.1. The van der Waals surface area contributed by atoms with Gasteiger partial charge in [-0.1, -0.05) is 119 Å². The van der Waals surface area contributed by atoms with Crippen LogP contribution in [0.4, 0.5) is 0 Å². The van der Waals surface area contributed by atoms with E-state index in [9.17, 15) is 4.79 Å². The van der Waals surface area contributed by atoms with Gasteiger partial charge in [-0.05, 0) is 90.2 Å². The number of hydrogen-bond acceptors (Lipinski definition) is 1. The lowest BCUT2D eigenvalue weighted by Crippen LogP contribution is -2.13. The summed E-state index contributed by atoms with van der Waals surface area (Å²) in [6, 6.07) is 26.9. The van der Waals surface area contributed by atoms with Crippen molar-refractivity contribution in [3.05, 3.63) is 83.9 Å². The van der Waals surface area contributed by atoms with Crippen molar-refractivity contribution >= 4 is 5.97 Å². The summed E-state index contributed by atoms with van der Waals surface area (Å²) in [7, 11) is 0. The number of carboxylic acid groups (broad SMARTS) is 1. The molecule has 1 aliphatic carbocycles. The number of aryl methyl sites for hydroxylation is 1. The molecular weight excluding hydrogens is 464 g/mol. The van der Waals surface area contributed by atoms with Crippen LogP contribution in [-0.2, 0) is 11.2 Å². The van der Waals surface area contributed by atoms with Crippen LogP contribution in [0.3, 0.4) is 0 Å². The molecule has 1 fully saturated rings. The summed E-state index contributed by atoms with van der Waals surface area (Å²) in [5, 5.41) is 9.09. The molecule has 0 amide bonds. The number of unbranched alkanes of at least 4 members (excludes halogenated alkanes) is 3. The summed E-state index contributed by atoms with van der Waals surface area (Å²) in [5.41, 5.74) is 7.82. The van der Waals surface area contributed by atoms with Gasteiger partial charge in [0.1, 0.15) is 0 Å². The molecule has 3 aromatic carbocycles. The van der Waals surface area contributed by atoms with E-state index in [1.165, 1.54) is 91.2 Å². The highest BCUT2D eigenvalue weighted by Gasteiger charge is 2.22. The third-order valence-corrected chi connectivity index (χ3v) is 8.72. The lowest BCUT2D eigenvalue weighted by atomic mass is 9.77. The number of hydrogen-bond donors (Lipinski definition) is 1. The zero-order valence-electron chi connectivity index (χ0n) is 23.5. The smallest absolute Gasteiger partial charge is 0.306 e. The summed E-state index contributed by atoms with van der Waals surface area (Å²) >= 11 is 0. The molecule has 0 aliphatic heterocycles. The molecule has 1 aliphatic rings. The van der Waals surface area contributed by atoms with Gasteiger partial charge in [-0.3, -0.25) is 4.79 Å². The Morgan fingerprint density at radius 2 is 1.39 bits per heavy atom. The van der Waals surface area contributed by atoms with Crippen LogP contribution in [-0.4, -0.2) is 11.1 Å². The first-order valence-electron chi connectivity index (χ1n) is 15.1. The van der Waals surface area contributed by atoms with Crippen molar-refractivity contribution < 1.29 is 9.90 Å². The van der Waals surface area contributed by atoms with E-state index >= 15 is 0 Å². The second-order valence-electron chi connectivity index (χ2n) is 11.6. The lowest BCUT2D eigenvalue weighted by Gasteiger charge is -2.29. The molecule has 0 radical (unpaired) electrons. The maximum absolute atomic E-state index is 11.1. The molecular formula is C36H46O2. The van der Waals surface area contributed by atoms with Gasteiger partial charge in [0.2, 0.25) is 0 Å². The first-order chi connectivity index (χ1) is 18.5. The second kappa shape index (κ2) is 14.3. The molecule has 0 saturated heterocycles. The Morgan fingerprint density at radius 1 is 0.789 bits per heavy atom. The molecule has 1 N–H and O–H groups in total. The van der Waals surface area contributed by atoms with Gasteiger partial charge >= 0.3 is 5.97 Å². The van der Waals surface area contributed by atoms with E-state index in [4.69, 9.17) is 5.11 Å². The Bertz CT molecular complexity index is 1120. The Balaban J connectivity index is 1.36. The number of rotatable bonds is 13. The van der Waals surface area contributed by atoms with Crippen molar-refractivity contribution in [3.8, 4) is 22.3 Å². The van der Waals surface area contributed by atoms with E-state index in [-0.39, 0.29) is 5.92 Å². The van der Waals surface area contributed by atoms with Gasteiger partial charge in [0, 0.05) is 0 Å². The molecule has 1 unspecified atom stereocenters. The normalized spacial score (nSPS) is 18.3. The molecule has 0 heterocycles. The number of benzene rings is 3. The quantitative estimate of drug-likeness (QED) is 0.232. The zero-order chi connectivity index (χ0) is 26.7. The van der Waals surface area contributed by atoms with E-state index in [1.807, 2.05) is 0 Å². The minimum Gasteiger partial charge on any atom is -0.481 e. The van der Waals surface area contributed by atoms with Crippen molar-refractivity contribution in [1.82, 2.24) is 0 Å². The van der Waals surface area contributed by atoms with Crippen LogP contribution in [0.25, 0.3) is 22.3 Å². The van der Waals surface area contributed by atoms with E-state index in [0.29, 0.717) is 0 Å². The Labute approximate surface area is 230 Å². The van der Waals surface area contributed by atoms with Gasteiger partial charge in [-0.15, -0.1) is 0 Å². The highest BCUT2D eigenvalue weighted by Crippen LogP contribution is 2.39. The predicted octanol–water partition coefficient (Wildman–Crippen LogP) is 10.3. The maximum Gasteiger partial charge on any atom is 0.306 e. The van der Waals surface area contributed by atoms with Crippen molar-refractivity contribution in [1.29, 1.82) is 0 Å². The summed E-state index contributed by atoms with van der Waals surface area (Å²) < 4.78 is 0. The van der Waals surface area contributed by atoms with Gasteiger partial charge in [0.25, 0.3) is 0 Å². The third-order valence-electron chi connectivity index (χ3n) is 8.72. The monoisotopic (exact) mass is 510 g/mol. The predicted molar refractivity (Wildman–Crippen MR) is 161 cm³/mol. The zero-order valence-corrected chi connectivity index (χ0v) is 23.5. The van der Waals surface area contributed by atoms with Crippen molar-refractivity contribution in [2.45, 2.75) is 96.8 Å². The second-order valence-corrected chi connectivity index (χ2v) is 11.6. The number of carboxylic acids is 1. The van der Waals surface area contributed by atoms with Gasteiger partial charge in [0.15, 0.2) is 0 Å². The molecule has 0 aromatic heterocycles. The van der Waals surface area contributed by atoms with Crippen LogP contribution in [0.5, 0.6) is 0 Å². The van der Waals surface area contributed by atoms with E-state index in [2.05, 4.69) is 79.7 Å². The minimum absolute atomic E-state index is 0.275. The van der Waals surface area contributed by atoms with Crippen LogP contribution in [0, 0.1) is 11.8 Å². The number of aliphatic carboxylic acids is 1. The highest BCUT2D eigenvalue weighted by atomic mass is 16.4. The van der Waals surface area contributed by atoms with Crippen LogP contribution in [0.15, 0.2) is 72.8 Å². The lowest BCUT2D eigenvalue weighted by molar-refractivity contribution is -0.141. The average Bonchev–Trinajstić information content (AvgIpc) is 2.96. The fourth-order valence-electron chi connectivity index (χ4n) is 6.15. The van der Waals surface area contributed by atoms with Gasteiger partial charge in [-0.2, -0.15) is 0 Å². The van der Waals surface area contributed by atoms with Crippen LogP contribution in [0.2, 0.25) is 0 Å². The Kier molecular flexibility index (Phi) is 10.6. The van der Waals surface area contributed by atoms with Gasteiger partial charge < -0.3 is 5.11 Å². The van der Waals surface area contributed by atoms with E-state index in [1.54, 1.807) is 6.92 Å². The fourth-order valence-corrected chi connectivity index (χ4v) is 6.15. The third kappa shape index (κ3) is 7.82. The fraction of sp³-hybridized carbons (Fsp3) is 0.472. The van der Waals surface area contributed by atoms with E-state index in [0.717, 1.165) is 31.1 Å². The van der Waals surface area contributed by atoms with Crippen LogP contribution >= 0.6 is 0 Å². The summed E-state index contributed by atoms with van der Waals surface area (Å²) in [6.07, 6.45) is 15.0. The van der Waals surface area contributed by atoms with Gasteiger partial charge in [-0.25, -0.2) is 0 Å². The molecule has 2 nitrogen and oxygen atoms in total. The minimum atomic E-state index is -0.703. The molecule has 38 heavy (non-hydrogen) atoms. The van der Waals surface area contributed by atoms with Crippen LogP contribution < -0.4 is 0 Å². The summed E-state index contributed by atoms with van der Waals surface area (Å²) in [4.78, 5) is 11.1. The standard InChI is InChI=1S/C36H46O2/c1-3-4-5-6-11-28-15-19-30(20-16-28)31-23-25-33(26-24-31)35-14-8-7-13-34(35)32-21-17-29(18-22-32)12-9-10-27(2)36(37)38/h7-8,13-14,17-18,21-28,30H,3-6,9-12,15-16,19-20H2,1-2H3,(H,37,38)/t27?,28-,30-.